The van der Waals surface area contributed by atoms with Gasteiger partial charge in [-0.25, -0.2) is 9.97 Å². The number of hydrogen-bond acceptors (Lipinski definition) is 4. The predicted molar refractivity (Wildman–Crippen MR) is 71.3 cm³/mol. The van der Waals surface area contributed by atoms with Gasteiger partial charge in [0.1, 0.15) is 16.7 Å². The lowest BCUT2D eigenvalue weighted by molar-refractivity contribution is 0.794. The Kier molecular flexibility index (Phi) is 4.19. The Morgan fingerprint density at radius 1 is 1.19 bits per heavy atom. The van der Waals surface area contributed by atoms with E-state index in [9.17, 15) is 0 Å². The van der Waals surface area contributed by atoms with Crippen molar-refractivity contribution in [3.05, 3.63) is 11.4 Å². The van der Waals surface area contributed by atoms with Crippen molar-refractivity contribution in [2.45, 2.75) is 51.3 Å². The molecule has 0 aliphatic carbocycles. The third-order valence-electron chi connectivity index (χ3n) is 1.96. The van der Waals surface area contributed by atoms with Crippen LogP contribution in [0.1, 0.15) is 39.1 Å². The summed E-state index contributed by atoms with van der Waals surface area (Å²) in [7, 11) is 0. The van der Waals surface area contributed by atoms with E-state index in [1.165, 1.54) is 0 Å². The average molecular weight is 239 g/mol. The van der Waals surface area contributed by atoms with Crippen molar-refractivity contribution in [3.8, 4) is 0 Å². The van der Waals surface area contributed by atoms with Gasteiger partial charge in [0.15, 0.2) is 0 Å². The third kappa shape index (κ3) is 3.67. The van der Waals surface area contributed by atoms with Crippen LogP contribution in [0.15, 0.2) is 5.03 Å². The van der Waals surface area contributed by atoms with Crippen LogP contribution in [0.4, 0.5) is 5.82 Å². The van der Waals surface area contributed by atoms with Crippen LogP contribution in [-0.2, 0) is 0 Å². The molecule has 0 saturated carbocycles. The van der Waals surface area contributed by atoms with Crippen LogP contribution >= 0.6 is 11.8 Å². The van der Waals surface area contributed by atoms with Crippen LogP contribution in [0.3, 0.4) is 0 Å². The van der Waals surface area contributed by atoms with Crippen molar-refractivity contribution in [2.75, 3.05) is 11.9 Å². The summed E-state index contributed by atoms with van der Waals surface area (Å²) in [5.74, 6) is 1.79. The first kappa shape index (κ1) is 13.3. The molecule has 1 rings (SSSR count). The molecule has 0 saturated heterocycles. The van der Waals surface area contributed by atoms with E-state index in [1.54, 1.807) is 11.8 Å². The third-order valence-corrected chi connectivity index (χ3v) is 3.16. The van der Waals surface area contributed by atoms with Crippen molar-refractivity contribution in [3.63, 3.8) is 0 Å². The fraction of sp³-hybridized carbons (Fsp3) is 0.667. The molecule has 0 aromatic carbocycles. The number of nitrogens with one attached hydrogen (secondary N) is 1. The number of rotatable bonds is 3. The van der Waals surface area contributed by atoms with Gasteiger partial charge in [0.05, 0.1) is 0 Å². The molecule has 0 amide bonds. The standard InChI is InChI=1S/C12H21N3S/c1-7-13-10-8(2)11(15-9(3)14-10)16-12(4,5)6/h7H2,1-6H3,(H,13,14,15). The van der Waals surface area contributed by atoms with E-state index in [0.29, 0.717) is 0 Å². The summed E-state index contributed by atoms with van der Waals surface area (Å²) in [5.41, 5.74) is 1.15. The van der Waals surface area contributed by atoms with Gasteiger partial charge in [-0.2, -0.15) is 0 Å². The van der Waals surface area contributed by atoms with E-state index in [0.717, 1.165) is 28.8 Å². The number of anilines is 1. The molecule has 0 aliphatic heterocycles. The first-order valence-corrected chi connectivity index (χ1v) is 6.43. The summed E-state index contributed by atoms with van der Waals surface area (Å²) in [6.07, 6.45) is 0. The van der Waals surface area contributed by atoms with Crippen molar-refractivity contribution < 1.29 is 0 Å². The van der Waals surface area contributed by atoms with E-state index in [1.807, 2.05) is 6.92 Å². The summed E-state index contributed by atoms with van der Waals surface area (Å²) in [6, 6.07) is 0. The molecule has 0 bridgehead atoms. The van der Waals surface area contributed by atoms with Gasteiger partial charge in [-0.15, -0.1) is 11.8 Å². The molecule has 1 aromatic heterocycles. The maximum absolute atomic E-state index is 4.51. The van der Waals surface area contributed by atoms with Gasteiger partial charge in [-0.05, 0) is 20.8 Å². The van der Waals surface area contributed by atoms with Gasteiger partial charge in [0.2, 0.25) is 0 Å². The van der Waals surface area contributed by atoms with Crippen molar-refractivity contribution in [1.29, 1.82) is 0 Å². The molecule has 90 valence electrons. The Balaban J connectivity index is 3.09. The SMILES string of the molecule is CCNc1nc(C)nc(SC(C)(C)C)c1C. The van der Waals surface area contributed by atoms with Crippen LogP contribution in [0.25, 0.3) is 0 Å². The zero-order valence-electron chi connectivity index (χ0n) is 11.0. The Morgan fingerprint density at radius 2 is 1.81 bits per heavy atom. The maximum atomic E-state index is 4.51. The van der Waals surface area contributed by atoms with Crippen molar-refractivity contribution in [2.24, 2.45) is 0 Å². The summed E-state index contributed by atoms with van der Waals surface area (Å²) in [4.78, 5) is 8.93. The van der Waals surface area contributed by atoms with Crippen LogP contribution in [0.2, 0.25) is 0 Å². The molecular formula is C12H21N3S. The Hall–Kier alpha value is -0.770. The highest BCUT2D eigenvalue weighted by Crippen LogP contribution is 2.34. The van der Waals surface area contributed by atoms with E-state index >= 15 is 0 Å². The molecule has 0 fully saturated rings. The molecule has 0 atom stereocenters. The fourth-order valence-electron chi connectivity index (χ4n) is 1.33. The molecule has 1 aromatic rings. The molecule has 0 spiro atoms. The van der Waals surface area contributed by atoms with E-state index in [4.69, 9.17) is 0 Å². The van der Waals surface area contributed by atoms with Gasteiger partial charge < -0.3 is 5.32 Å². The number of thioether (sulfide) groups is 1. The number of aryl methyl sites for hydroxylation is 1. The number of aromatic nitrogens is 2. The second-order valence-electron chi connectivity index (χ2n) is 4.79. The predicted octanol–water partition coefficient (Wildman–Crippen LogP) is 3.42. The summed E-state index contributed by atoms with van der Waals surface area (Å²) < 4.78 is 0.176. The molecule has 0 radical (unpaired) electrons. The second kappa shape index (κ2) is 5.04. The highest BCUT2D eigenvalue weighted by atomic mass is 32.2. The van der Waals surface area contributed by atoms with Gasteiger partial charge in [0.25, 0.3) is 0 Å². The van der Waals surface area contributed by atoms with Crippen molar-refractivity contribution in [1.82, 2.24) is 9.97 Å². The van der Waals surface area contributed by atoms with Crippen LogP contribution in [-0.4, -0.2) is 21.3 Å². The largest absolute Gasteiger partial charge is 0.370 e. The molecular weight excluding hydrogens is 218 g/mol. The van der Waals surface area contributed by atoms with E-state index < -0.39 is 0 Å². The first-order chi connectivity index (χ1) is 7.33. The second-order valence-corrected chi connectivity index (χ2v) is 6.61. The lowest BCUT2D eigenvalue weighted by Gasteiger charge is -2.19. The first-order valence-electron chi connectivity index (χ1n) is 5.61. The molecule has 3 nitrogen and oxygen atoms in total. The van der Waals surface area contributed by atoms with Gasteiger partial charge in [-0.1, -0.05) is 20.8 Å². The minimum atomic E-state index is 0.176. The van der Waals surface area contributed by atoms with Crippen LogP contribution < -0.4 is 5.32 Å². The Morgan fingerprint density at radius 3 is 2.31 bits per heavy atom. The van der Waals surface area contributed by atoms with Gasteiger partial charge in [-0.3, -0.25) is 0 Å². The normalized spacial score (nSPS) is 11.6. The fourth-order valence-corrected chi connectivity index (χ4v) is 2.34. The van der Waals surface area contributed by atoms with E-state index in [2.05, 4.69) is 49.9 Å². The minimum Gasteiger partial charge on any atom is -0.370 e. The quantitative estimate of drug-likeness (QED) is 0.648. The van der Waals surface area contributed by atoms with Crippen molar-refractivity contribution >= 4 is 17.6 Å². The lowest BCUT2D eigenvalue weighted by atomic mass is 10.3. The number of hydrogen-bond donors (Lipinski definition) is 1. The average Bonchev–Trinajstić information content (AvgIpc) is 2.11. The lowest BCUT2D eigenvalue weighted by Crippen LogP contribution is -2.11. The highest BCUT2D eigenvalue weighted by Gasteiger charge is 2.17. The monoisotopic (exact) mass is 239 g/mol. The molecule has 16 heavy (non-hydrogen) atoms. The summed E-state index contributed by atoms with van der Waals surface area (Å²) >= 11 is 1.79. The topological polar surface area (TPSA) is 37.8 Å². The maximum Gasteiger partial charge on any atom is 0.133 e. The zero-order chi connectivity index (χ0) is 12.3. The zero-order valence-corrected chi connectivity index (χ0v) is 11.8. The molecule has 0 aliphatic rings. The van der Waals surface area contributed by atoms with Gasteiger partial charge in [0, 0.05) is 16.9 Å². The summed E-state index contributed by atoms with van der Waals surface area (Å²) in [6.45, 7) is 13.6. The van der Waals surface area contributed by atoms with Gasteiger partial charge >= 0.3 is 0 Å². The number of nitrogens with zero attached hydrogens (tertiary/aromatic N) is 2. The van der Waals surface area contributed by atoms with Crippen LogP contribution in [0, 0.1) is 13.8 Å². The Labute approximate surface area is 102 Å². The van der Waals surface area contributed by atoms with Crippen LogP contribution in [0.5, 0.6) is 0 Å². The molecule has 0 unspecified atom stereocenters. The Bertz CT molecular complexity index is 369. The summed E-state index contributed by atoms with van der Waals surface area (Å²) in [5, 5.41) is 4.36. The molecule has 1 N–H and O–H groups in total. The molecule has 1 heterocycles. The molecule has 4 heteroatoms. The smallest absolute Gasteiger partial charge is 0.133 e. The van der Waals surface area contributed by atoms with E-state index in [-0.39, 0.29) is 4.75 Å². The minimum absolute atomic E-state index is 0.176. The highest BCUT2D eigenvalue weighted by molar-refractivity contribution is 8.00.